The number of anilines is 2. The highest BCUT2D eigenvalue weighted by Crippen LogP contribution is 2.27. The SMILES string of the molecule is C[C@H]1CN(S(=O)(=O)c2cnc(N)s2)CCN1c1ncc(C(C)(C)O)cn1. The average molecular weight is 399 g/mol. The van der Waals surface area contributed by atoms with E-state index in [-0.39, 0.29) is 15.4 Å². The Bertz CT molecular complexity index is 876. The van der Waals surface area contributed by atoms with Crippen LogP contribution in [0.2, 0.25) is 0 Å². The first-order valence-electron chi connectivity index (χ1n) is 8.12. The third kappa shape index (κ3) is 3.65. The molecule has 1 aliphatic heterocycles. The lowest BCUT2D eigenvalue weighted by Gasteiger charge is -2.38. The highest BCUT2D eigenvalue weighted by atomic mass is 32.2. The number of aliphatic hydroxyl groups is 1. The molecule has 0 bridgehead atoms. The standard InChI is InChI=1S/C15H22N6O3S2/c1-10-9-20(26(23,24)12-8-17-13(16)25-12)4-5-21(10)14-18-6-11(7-19-14)15(2,3)22/h6-8,10,22H,4-5,9H2,1-3H3,(H2,16,17)/t10-/m0/s1. The van der Waals surface area contributed by atoms with E-state index < -0.39 is 15.6 Å². The molecule has 26 heavy (non-hydrogen) atoms. The first-order chi connectivity index (χ1) is 12.1. The maximum atomic E-state index is 12.7. The van der Waals surface area contributed by atoms with Crippen LogP contribution in [0.4, 0.5) is 11.1 Å². The van der Waals surface area contributed by atoms with E-state index >= 15 is 0 Å². The Kier molecular flexibility index (Phi) is 4.90. The molecule has 2 aromatic rings. The lowest BCUT2D eigenvalue weighted by molar-refractivity contribution is 0.0778. The molecule has 1 aliphatic rings. The molecule has 11 heteroatoms. The summed E-state index contributed by atoms with van der Waals surface area (Å²) in [4.78, 5) is 14.4. The highest BCUT2D eigenvalue weighted by molar-refractivity contribution is 7.91. The van der Waals surface area contributed by atoms with Crippen LogP contribution in [0.3, 0.4) is 0 Å². The molecule has 1 fully saturated rings. The van der Waals surface area contributed by atoms with E-state index in [4.69, 9.17) is 5.73 Å². The summed E-state index contributed by atoms with van der Waals surface area (Å²) < 4.78 is 27.0. The molecule has 0 unspecified atom stereocenters. The van der Waals surface area contributed by atoms with E-state index in [0.29, 0.717) is 31.1 Å². The van der Waals surface area contributed by atoms with Gasteiger partial charge in [0.1, 0.15) is 0 Å². The van der Waals surface area contributed by atoms with Gasteiger partial charge in [-0.25, -0.2) is 23.4 Å². The number of nitrogens with two attached hydrogens (primary N) is 1. The molecule has 0 saturated carbocycles. The van der Waals surface area contributed by atoms with Gasteiger partial charge in [0, 0.05) is 43.6 Å². The van der Waals surface area contributed by atoms with Gasteiger partial charge in [-0.3, -0.25) is 0 Å². The number of piperazine rings is 1. The average Bonchev–Trinajstić information content (AvgIpc) is 3.01. The maximum Gasteiger partial charge on any atom is 0.254 e. The van der Waals surface area contributed by atoms with Crippen LogP contribution >= 0.6 is 11.3 Å². The Morgan fingerprint density at radius 2 is 1.88 bits per heavy atom. The van der Waals surface area contributed by atoms with E-state index in [0.717, 1.165) is 11.3 Å². The topological polar surface area (TPSA) is 126 Å². The number of thiazole rings is 1. The zero-order chi connectivity index (χ0) is 19.1. The minimum absolute atomic E-state index is 0.100. The van der Waals surface area contributed by atoms with Crippen molar-refractivity contribution in [3.63, 3.8) is 0 Å². The first kappa shape index (κ1) is 19.0. The Morgan fingerprint density at radius 1 is 1.23 bits per heavy atom. The lowest BCUT2D eigenvalue weighted by Crippen LogP contribution is -2.54. The first-order valence-corrected chi connectivity index (χ1v) is 10.4. The van der Waals surface area contributed by atoms with Crippen LogP contribution < -0.4 is 10.6 Å². The zero-order valence-electron chi connectivity index (χ0n) is 14.8. The van der Waals surface area contributed by atoms with Gasteiger partial charge in [-0.1, -0.05) is 11.3 Å². The van der Waals surface area contributed by atoms with Gasteiger partial charge in [-0.15, -0.1) is 0 Å². The van der Waals surface area contributed by atoms with Crippen LogP contribution in [0.25, 0.3) is 0 Å². The normalized spacial score (nSPS) is 19.7. The predicted molar refractivity (Wildman–Crippen MR) is 99.4 cm³/mol. The Labute approximate surface area is 156 Å². The van der Waals surface area contributed by atoms with E-state index in [9.17, 15) is 13.5 Å². The van der Waals surface area contributed by atoms with Crippen molar-refractivity contribution in [3.05, 3.63) is 24.2 Å². The Morgan fingerprint density at radius 3 is 2.38 bits per heavy atom. The number of nitrogens with zero attached hydrogens (tertiary/aromatic N) is 5. The summed E-state index contributed by atoms with van der Waals surface area (Å²) >= 11 is 0.966. The lowest BCUT2D eigenvalue weighted by atomic mass is 10.0. The van der Waals surface area contributed by atoms with Gasteiger partial charge in [-0.05, 0) is 20.8 Å². The second-order valence-electron chi connectivity index (χ2n) is 6.75. The molecule has 0 spiro atoms. The summed E-state index contributed by atoms with van der Waals surface area (Å²) in [5.41, 5.74) is 5.17. The van der Waals surface area contributed by atoms with Crippen molar-refractivity contribution < 1.29 is 13.5 Å². The highest BCUT2D eigenvalue weighted by Gasteiger charge is 2.34. The summed E-state index contributed by atoms with van der Waals surface area (Å²) in [7, 11) is -3.60. The van der Waals surface area contributed by atoms with E-state index in [1.165, 1.54) is 10.5 Å². The van der Waals surface area contributed by atoms with Crippen molar-refractivity contribution in [1.29, 1.82) is 0 Å². The molecule has 1 saturated heterocycles. The second kappa shape index (κ2) is 6.72. The van der Waals surface area contributed by atoms with Crippen LogP contribution in [0, 0.1) is 0 Å². The quantitative estimate of drug-likeness (QED) is 0.769. The van der Waals surface area contributed by atoms with Crippen LogP contribution in [0.1, 0.15) is 26.3 Å². The molecule has 0 aromatic carbocycles. The number of sulfonamides is 1. The molecule has 2 aromatic heterocycles. The predicted octanol–water partition coefficient (Wildman–Crippen LogP) is 0.642. The van der Waals surface area contributed by atoms with Gasteiger partial charge < -0.3 is 15.7 Å². The fraction of sp³-hybridized carbons (Fsp3) is 0.533. The summed E-state index contributed by atoms with van der Waals surface area (Å²) in [6, 6.07) is -0.100. The molecule has 0 aliphatic carbocycles. The fourth-order valence-electron chi connectivity index (χ4n) is 2.74. The molecule has 3 N–H and O–H groups in total. The van der Waals surface area contributed by atoms with Gasteiger partial charge in [0.25, 0.3) is 10.0 Å². The third-order valence-corrected chi connectivity index (χ3v) is 7.42. The van der Waals surface area contributed by atoms with Crippen molar-refractivity contribution in [3.8, 4) is 0 Å². The Hall–Kier alpha value is -1.82. The molecular formula is C15H22N6O3S2. The molecule has 142 valence electrons. The largest absolute Gasteiger partial charge is 0.386 e. The van der Waals surface area contributed by atoms with E-state index in [2.05, 4.69) is 15.0 Å². The zero-order valence-corrected chi connectivity index (χ0v) is 16.5. The summed E-state index contributed by atoms with van der Waals surface area (Å²) in [5.74, 6) is 0.518. The van der Waals surface area contributed by atoms with Crippen LogP contribution in [0.5, 0.6) is 0 Å². The van der Waals surface area contributed by atoms with Gasteiger partial charge in [0.15, 0.2) is 9.34 Å². The fourth-order valence-corrected chi connectivity index (χ4v) is 5.33. The van der Waals surface area contributed by atoms with Crippen molar-refractivity contribution in [2.75, 3.05) is 30.3 Å². The third-order valence-electron chi connectivity index (χ3n) is 4.29. The van der Waals surface area contributed by atoms with Crippen molar-refractivity contribution in [1.82, 2.24) is 19.3 Å². The van der Waals surface area contributed by atoms with Crippen LogP contribution in [-0.4, -0.2) is 58.5 Å². The van der Waals surface area contributed by atoms with Crippen molar-refractivity contribution in [2.45, 2.75) is 36.6 Å². The number of hydrogen-bond donors (Lipinski definition) is 2. The van der Waals surface area contributed by atoms with Crippen molar-refractivity contribution in [2.24, 2.45) is 0 Å². The maximum absolute atomic E-state index is 12.7. The molecule has 1 atom stereocenters. The van der Waals surface area contributed by atoms with Gasteiger partial charge in [0.05, 0.1) is 11.8 Å². The van der Waals surface area contributed by atoms with Gasteiger partial charge in [-0.2, -0.15) is 4.31 Å². The molecule has 0 amide bonds. The van der Waals surface area contributed by atoms with E-state index in [1.807, 2.05) is 11.8 Å². The molecule has 3 heterocycles. The van der Waals surface area contributed by atoms with Crippen LogP contribution in [0.15, 0.2) is 22.8 Å². The monoisotopic (exact) mass is 398 g/mol. The number of aromatic nitrogens is 3. The second-order valence-corrected chi connectivity index (χ2v) is 9.98. The summed E-state index contributed by atoms with van der Waals surface area (Å²) in [5, 5.41) is 10.2. The molecular weight excluding hydrogens is 376 g/mol. The summed E-state index contributed by atoms with van der Waals surface area (Å²) in [6.45, 7) is 6.37. The Balaban J connectivity index is 1.74. The molecule has 0 radical (unpaired) electrons. The number of hydrogen-bond acceptors (Lipinski definition) is 9. The summed E-state index contributed by atoms with van der Waals surface area (Å²) in [6.07, 6.45) is 4.49. The molecule has 9 nitrogen and oxygen atoms in total. The number of nitrogen functional groups attached to an aromatic ring is 1. The van der Waals surface area contributed by atoms with Crippen molar-refractivity contribution >= 4 is 32.4 Å². The number of rotatable bonds is 4. The minimum atomic E-state index is -3.60. The van der Waals surface area contributed by atoms with Gasteiger partial charge >= 0.3 is 0 Å². The minimum Gasteiger partial charge on any atom is -0.386 e. The molecule has 3 rings (SSSR count). The van der Waals surface area contributed by atoms with Gasteiger partial charge in [0.2, 0.25) is 5.95 Å². The smallest absolute Gasteiger partial charge is 0.254 e. The van der Waals surface area contributed by atoms with E-state index in [1.54, 1.807) is 26.2 Å². The van der Waals surface area contributed by atoms with Crippen LogP contribution in [-0.2, 0) is 15.6 Å².